The summed E-state index contributed by atoms with van der Waals surface area (Å²) < 4.78 is 19.6. The van der Waals surface area contributed by atoms with E-state index in [9.17, 15) is 9.50 Å². The summed E-state index contributed by atoms with van der Waals surface area (Å²) in [5, 5.41) is 10.3. The first kappa shape index (κ1) is 13.8. The average molecular weight is 352 g/mol. The van der Waals surface area contributed by atoms with E-state index in [1.807, 2.05) is 0 Å². The minimum atomic E-state index is -0.968. The third-order valence-corrected chi connectivity index (χ3v) is 4.95. The molecule has 6 heteroatoms. The van der Waals surface area contributed by atoms with Crippen molar-refractivity contribution in [2.75, 3.05) is 7.11 Å². The fraction of sp³-hybridized carbons (Fsp3) is 0.167. The van der Waals surface area contributed by atoms with Crippen molar-refractivity contribution in [3.05, 3.63) is 49.3 Å². The second-order valence-electron chi connectivity index (χ2n) is 3.56. The van der Waals surface area contributed by atoms with E-state index < -0.39 is 11.9 Å². The number of methoxy groups -OCH3 is 1. The van der Waals surface area contributed by atoms with Gasteiger partial charge < -0.3 is 9.84 Å². The second-order valence-corrected chi connectivity index (χ2v) is 6.10. The summed E-state index contributed by atoms with van der Waals surface area (Å²) in [5.74, 6) is 0.0103. The second kappa shape index (κ2) is 5.57. The summed E-state index contributed by atoms with van der Waals surface area (Å²) in [7, 11) is 1.47. The molecular formula is C12H9BrClFO2S. The third kappa shape index (κ3) is 2.69. The molecule has 0 aliphatic carbocycles. The van der Waals surface area contributed by atoms with Crippen molar-refractivity contribution < 1.29 is 14.2 Å². The molecule has 0 fully saturated rings. The predicted molar refractivity (Wildman–Crippen MR) is 74.0 cm³/mol. The summed E-state index contributed by atoms with van der Waals surface area (Å²) in [6, 6.07) is 5.73. The monoisotopic (exact) mass is 350 g/mol. The third-order valence-electron chi connectivity index (χ3n) is 2.42. The number of ether oxygens (including phenoxy) is 1. The van der Waals surface area contributed by atoms with E-state index in [1.54, 1.807) is 6.07 Å². The topological polar surface area (TPSA) is 29.5 Å². The summed E-state index contributed by atoms with van der Waals surface area (Å²) in [5.41, 5.74) is 0.378. The summed E-state index contributed by atoms with van der Waals surface area (Å²) in [4.78, 5) is 0.621. The fourth-order valence-electron chi connectivity index (χ4n) is 1.57. The predicted octanol–water partition coefficient (Wildman–Crippen LogP) is 4.39. The Labute approximate surface area is 121 Å². The molecule has 1 aromatic carbocycles. The number of halogens is 3. The molecule has 0 spiro atoms. The average Bonchev–Trinajstić information content (AvgIpc) is 2.68. The molecule has 0 aliphatic heterocycles. The SMILES string of the molecule is COc1ccc(F)cc1C(O)c1cc(Br)c(Cl)s1. The lowest BCUT2D eigenvalue weighted by atomic mass is 10.1. The van der Waals surface area contributed by atoms with Crippen molar-refractivity contribution in [2.45, 2.75) is 6.10 Å². The maximum absolute atomic E-state index is 13.2. The van der Waals surface area contributed by atoms with Gasteiger partial charge in [-0.2, -0.15) is 0 Å². The minimum absolute atomic E-state index is 0.378. The van der Waals surface area contributed by atoms with Gasteiger partial charge in [-0.05, 0) is 40.2 Å². The van der Waals surface area contributed by atoms with Crippen LogP contribution in [0.2, 0.25) is 4.34 Å². The van der Waals surface area contributed by atoms with E-state index in [2.05, 4.69) is 15.9 Å². The summed E-state index contributed by atoms with van der Waals surface area (Å²) in [6.07, 6.45) is -0.968. The van der Waals surface area contributed by atoms with E-state index in [1.165, 1.54) is 36.6 Å². The maximum Gasteiger partial charge on any atom is 0.125 e. The Kier molecular flexibility index (Phi) is 4.27. The standard InChI is InChI=1S/C12H9BrClFO2S/c1-17-9-3-2-6(15)4-7(9)11(16)10-5-8(13)12(14)18-10/h2-5,11,16H,1H3. The molecule has 2 nitrogen and oxygen atoms in total. The molecule has 1 aromatic heterocycles. The highest BCUT2D eigenvalue weighted by Crippen LogP contribution is 2.39. The molecule has 0 bridgehead atoms. The quantitative estimate of drug-likeness (QED) is 0.888. The molecule has 0 saturated carbocycles. The highest BCUT2D eigenvalue weighted by molar-refractivity contribution is 9.10. The zero-order valence-electron chi connectivity index (χ0n) is 9.28. The molecule has 0 radical (unpaired) electrons. The van der Waals surface area contributed by atoms with Gasteiger partial charge in [0.15, 0.2) is 0 Å². The Bertz CT molecular complexity index is 554. The van der Waals surface area contributed by atoms with Gasteiger partial charge in [-0.1, -0.05) is 11.6 Å². The van der Waals surface area contributed by atoms with Crippen LogP contribution >= 0.6 is 38.9 Å². The molecule has 1 N–H and O–H groups in total. The first-order valence-corrected chi connectivity index (χ1v) is 6.98. The van der Waals surface area contributed by atoms with Crippen molar-refractivity contribution in [3.8, 4) is 5.75 Å². The van der Waals surface area contributed by atoms with Crippen molar-refractivity contribution >= 4 is 38.9 Å². The smallest absolute Gasteiger partial charge is 0.125 e. The summed E-state index contributed by atoms with van der Waals surface area (Å²) >= 11 is 10.4. The zero-order chi connectivity index (χ0) is 13.3. The summed E-state index contributed by atoms with van der Waals surface area (Å²) in [6.45, 7) is 0. The lowest BCUT2D eigenvalue weighted by Crippen LogP contribution is -2.01. The normalized spacial score (nSPS) is 12.5. The molecule has 0 amide bonds. The Morgan fingerprint density at radius 2 is 2.17 bits per heavy atom. The highest BCUT2D eigenvalue weighted by Gasteiger charge is 2.19. The Morgan fingerprint density at radius 3 is 2.72 bits per heavy atom. The van der Waals surface area contributed by atoms with Gasteiger partial charge in [0, 0.05) is 14.9 Å². The number of aliphatic hydroxyl groups excluding tert-OH is 1. The van der Waals surface area contributed by atoms with Crippen LogP contribution in [0.1, 0.15) is 16.5 Å². The van der Waals surface area contributed by atoms with Gasteiger partial charge in [-0.15, -0.1) is 11.3 Å². The molecule has 2 aromatic rings. The largest absolute Gasteiger partial charge is 0.496 e. The molecule has 1 atom stereocenters. The number of hydrogen-bond acceptors (Lipinski definition) is 3. The minimum Gasteiger partial charge on any atom is -0.496 e. The van der Waals surface area contributed by atoms with Crippen molar-refractivity contribution in [1.82, 2.24) is 0 Å². The number of aliphatic hydroxyl groups is 1. The van der Waals surface area contributed by atoms with Crippen LogP contribution in [0, 0.1) is 5.82 Å². The Balaban J connectivity index is 2.44. The van der Waals surface area contributed by atoms with Crippen LogP contribution in [0.5, 0.6) is 5.75 Å². The maximum atomic E-state index is 13.2. The van der Waals surface area contributed by atoms with Crippen molar-refractivity contribution in [1.29, 1.82) is 0 Å². The molecule has 2 rings (SSSR count). The van der Waals surface area contributed by atoms with Crippen LogP contribution in [0.3, 0.4) is 0 Å². The lowest BCUT2D eigenvalue weighted by molar-refractivity contribution is 0.218. The molecular weight excluding hydrogens is 343 g/mol. The molecule has 0 saturated heterocycles. The molecule has 18 heavy (non-hydrogen) atoms. The van der Waals surface area contributed by atoms with Gasteiger partial charge >= 0.3 is 0 Å². The number of rotatable bonds is 3. The molecule has 0 aliphatic rings. The molecule has 1 unspecified atom stereocenters. The molecule has 1 heterocycles. The zero-order valence-corrected chi connectivity index (χ0v) is 12.4. The number of benzene rings is 1. The van der Waals surface area contributed by atoms with Crippen LogP contribution in [0.15, 0.2) is 28.7 Å². The van der Waals surface area contributed by atoms with Crippen LogP contribution in [-0.2, 0) is 0 Å². The van der Waals surface area contributed by atoms with Gasteiger partial charge in [-0.3, -0.25) is 0 Å². The van der Waals surface area contributed by atoms with Crippen molar-refractivity contribution in [3.63, 3.8) is 0 Å². The van der Waals surface area contributed by atoms with Crippen LogP contribution in [-0.4, -0.2) is 12.2 Å². The molecule has 96 valence electrons. The Hall–Kier alpha value is -0.620. The lowest BCUT2D eigenvalue weighted by Gasteiger charge is -2.13. The van der Waals surface area contributed by atoms with Crippen molar-refractivity contribution in [2.24, 2.45) is 0 Å². The van der Waals surface area contributed by atoms with Gasteiger partial charge in [0.25, 0.3) is 0 Å². The number of hydrogen-bond donors (Lipinski definition) is 1. The highest BCUT2D eigenvalue weighted by atomic mass is 79.9. The fourth-order valence-corrected chi connectivity index (χ4v) is 3.31. The van der Waals surface area contributed by atoms with E-state index in [4.69, 9.17) is 16.3 Å². The number of thiophene rings is 1. The van der Waals surface area contributed by atoms with Crippen LogP contribution in [0.25, 0.3) is 0 Å². The first-order valence-electron chi connectivity index (χ1n) is 4.99. The Morgan fingerprint density at radius 1 is 1.44 bits per heavy atom. The van der Waals surface area contributed by atoms with Gasteiger partial charge in [0.2, 0.25) is 0 Å². The van der Waals surface area contributed by atoms with E-state index in [-0.39, 0.29) is 0 Å². The van der Waals surface area contributed by atoms with Gasteiger partial charge in [0.05, 0.1) is 7.11 Å². The van der Waals surface area contributed by atoms with E-state index >= 15 is 0 Å². The van der Waals surface area contributed by atoms with E-state index in [0.29, 0.717) is 25.0 Å². The van der Waals surface area contributed by atoms with Gasteiger partial charge in [-0.25, -0.2) is 4.39 Å². The van der Waals surface area contributed by atoms with E-state index in [0.717, 1.165) is 0 Å². The van der Waals surface area contributed by atoms with Gasteiger partial charge in [0.1, 0.15) is 22.0 Å². The van der Waals surface area contributed by atoms with Crippen LogP contribution in [0.4, 0.5) is 4.39 Å². The first-order chi connectivity index (χ1) is 8.52. The van der Waals surface area contributed by atoms with Crippen LogP contribution < -0.4 is 4.74 Å².